The van der Waals surface area contributed by atoms with Gasteiger partial charge in [0.1, 0.15) is 6.33 Å². The molecule has 1 aliphatic rings. The number of aromatic amines is 1. The van der Waals surface area contributed by atoms with E-state index in [-0.39, 0.29) is 11.7 Å². The predicted octanol–water partition coefficient (Wildman–Crippen LogP) is 0.894. The van der Waals surface area contributed by atoms with E-state index >= 15 is 0 Å². The number of H-pyrrole nitrogens is 1. The molecule has 3 rings (SSSR count). The van der Waals surface area contributed by atoms with Crippen LogP contribution in [0.15, 0.2) is 30.6 Å². The highest BCUT2D eigenvalue weighted by molar-refractivity contribution is 6.01. The maximum absolute atomic E-state index is 11.8. The van der Waals surface area contributed by atoms with Crippen molar-refractivity contribution in [3.63, 3.8) is 0 Å². The molecule has 2 N–H and O–H groups in total. The number of ether oxygens (including phenoxy) is 1. The van der Waals surface area contributed by atoms with Crippen molar-refractivity contribution in [3.8, 4) is 0 Å². The molecule has 7 heteroatoms. The number of benzene rings is 1. The van der Waals surface area contributed by atoms with E-state index in [9.17, 15) is 4.79 Å². The topological polar surface area (TPSA) is 83.1 Å². The molecular formula is C13H15N5O2. The summed E-state index contributed by atoms with van der Waals surface area (Å²) in [6.07, 6.45) is 1.30. The summed E-state index contributed by atoms with van der Waals surface area (Å²) in [6, 6.07) is 7.72. The van der Waals surface area contributed by atoms with Gasteiger partial charge in [0.15, 0.2) is 0 Å². The van der Waals surface area contributed by atoms with Gasteiger partial charge in [-0.3, -0.25) is 9.89 Å². The molecule has 7 nitrogen and oxygen atoms in total. The summed E-state index contributed by atoms with van der Waals surface area (Å²) in [5.74, 6) is -0.108. The van der Waals surface area contributed by atoms with Crippen molar-refractivity contribution in [3.05, 3.63) is 36.4 Å². The van der Waals surface area contributed by atoms with Crippen molar-refractivity contribution < 1.29 is 9.53 Å². The van der Waals surface area contributed by atoms with Crippen LogP contribution in [0.25, 0.3) is 0 Å². The second kappa shape index (κ2) is 5.70. The third-order valence-electron chi connectivity index (χ3n) is 3.13. The molecular weight excluding hydrogens is 258 g/mol. The Bertz CT molecular complexity index is 561. The van der Waals surface area contributed by atoms with Crippen molar-refractivity contribution in [2.24, 2.45) is 0 Å². The van der Waals surface area contributed by atoms with Crippen LogP contribution in [0.5, 0.6) is 0 Å². The van der Waals surface area contributed by atoms with Crippen LogP contribution in [0.3, 0.4) is 0 Å². The fourth-order valence-corrected chi connectivity index (χ4v) is 2.08. The molecule has 0 unspecified atom stereocenters. The third kappa shape index (κ3) is 2.77. The summed E-state index contributed by atoms with van der Waals surface area (Å²) in [4.78, 5) is 17.8. The smallest absolute Gasteiger partial charge is 0.292 e. The Morgan fingerprint density at radius 2 is 2.00 bits per heavy atom. The molecule has 0 saturated carbocycles. The van der Waals surface area contributed by atoms with E-state index in [0.717, 1.165) is 37.7 Å². The summed E-state index contributed by atoms with van der Waals surface area (Å²) in [7, 11) is 0. The zero-order chi connectivity index (χ0) is 13.8. The first-order valence-corrected chi connectivity index (χ1v) is 6.42. The van der Waals surface area contributed by atoms with Crippen LogP contribution < -0.4 is 10.2 Å². The quantitative estimate of drug-likeness (QED) is 0.868. The highest BCUT2D eigenvalue weighted by Crippen LogP contribution is 2.19. The number of carbonyl (C=O) groups excluding carboxylic acids is 1. The largest absolute Gasteiger partial charge is 0.378 e. The van der Waals surface area contributed by atoms with Gasteiger partial charge in [0.05, 0.1) is 13.2 Å². The molecule has 2 heterocycles. The number of aromatic nitrogens is 3. The first kappa shape index (κ1) is 12.6. The van der Waals surface area contributed by atoms with Gasteiger partial charge >= 0.3 is 0 Å². The lowest BCUT2D eigenvalue weighted by Gasteiger charge is -2.28. The first-order chi connectivity index (χ1) is 9.83. The molecule has 0 radical (unpaired) electrons. The fraction of sp³-hybridized carbons (Fsp3) is 0.308. The minimum absolute atomic E-state index is 0.197. The highest BCUT2D eigenvalue weighted by Gasteiger charge is 2.12. The summed E-state index contributed by atoms with van der Waals surface area (Å²) in [5, 5.41) is 8.93. The van der Waals surface area contributed by atoms with E-state index in [1.165, 1.54) is 6.33 Å². The highest BCUT2D eigenvalue weighted by atomic mass is 16.5. The molecule has 1 aromatic carbocycles. The number of hydrogen-bond acceptors (Lipinski definition) is 5. The monoisotopic (exact) mass is 273 g/mol. The van der Waals surface area contributed by atoms with Gasteiger partial charge < -0.3 is 15.0 Å². The second-order valence-electron chi connectivity index (χ2n) is 4.43. The summed E-state index contributed by atoms with van der Waals surface area (Å²) < 4.78 is 5.32. The number of nitrogens with zero attached hydrogens (tertiary/aromatic N) is 3. The predicted molar refractivity (Wildman–Crippen MR) is 73.8 cm³/mol. The molecule has 1 aliphatic heterocycles. The van der Waals surface area contributed by atoms with Gasteiger partial charge in [0, 0.05) is 24.5 Å². The average molecular weight is 273 g/mol. The molecule has 0 spiro atoms. The Hall–Kier alpha value is -2.41. The van der Waals surface area contributed by atoms with Gasteiger partial charge in [-0.2, -0.15) is 5.10 Å². The van der Waals surface area contributed by atoms with Crippen LogP contribution in [0.2, 0.25) is 0 Å². The summed E-state index contributed by atoms with van der Waals surface area (Å²) in [6.45, 7) is 3.29. The van der Waals surface area contributed by atoms with E-state index < -0.39 is 0 Å². The van der Waals surface area contributed by atoms with Crippen LogP contribution in [0, 0.1) is 0 Å². The molecule has 0 bridgehead atoms. The van der Waals surface area contributed by atoms with Crippen LogP contribution in [-0.2, 0) is 4.74 Å². The molecule has 1 aromatic heterocycles. The van der Waals surface area contributed by atoms with Crippen molar-refractivity contribution in [1.29, 1.82) is 0 Å². The minimum Gasteiger partial charge on any atom is -0.378 e. The van der Waals surface area contributed by atoms with Crippen LogP contribution in [0.4, 0.5) is 11.4 Å². The first-order valence-electron chi connectivity index (χ1n) is 6.42. The number of rotatable bonds is 3. The number of carbonyl (C=O) groups is 1. The van der Waals surface area contributed by atoms with Crippen molar-refractivity contribution in [1.82, 2.24) is 15.2 Å². The SMILES string of the molecule is O=C(Nc1ccc(N2CCOCC2)cc1)c1ncn[nH]1. The number of amides is 1. The minimum atomic E-state index is -0.304. The van der Waals surface area contributed by atoms with Gasteiger partial charge in [-0.25, -0.2) is 4.98 Å². The lowest BCUT2D eigenvalue weighted by Crippen LogP contribution is -2.36. The summed E-state index contributed by atoms with van der Waals surface area (Å²) >= 11 is 0. The zero-order valence-electron chi connectivity index (χ0n) is 10.9. The molecule has 1 saturated heterocycles. The number of morpholine rings is 1. The molecule has 2 aromatic rings. The van der Waals surface area contributed by atoms with Gasteiger partial charge in [-0.15, -0.1) is 0 Å². The lowest BCUT2D eigenvalue weighted by molar-refractivity contribution is 0.101. The Kier molecular flexibility index (Phi) is 3.60. The van der Waals surface area contributed by atoms with Gasteiger partial charge in [-0.05, 0) is 24.3 Å². The normalized spacial score (nSPS) is 15.1. The van der Waals surface area contributed by atoms with Gasteiger partial charge in [0.2, 0.25) is 5.82 Å². The number of hydrogen-bond donors (Lipinski definition) is 2. The van der Waals surface area contributed by atoms with Crippen molar-refractivity contribution in [2.45, 2.75) is 0 Å². The van der Waals surface area contributed by atoms with E-state index in [0.29, 0.717) is 0 Å². The summed E-state index contributed by atoms with van der Waals surface area (Å²) in [5.41, 5.74) is 1.86. The fourth-order valence-electron chi connectivity index (χ4n) is 2.08. The molecule has 1 fully saturated rings. The Morgan fingerprint density at radius 1 is 1.25 bits per heavy atom. The Balaban J connectivity index is 1.65. The maximum Gasteiger partial charge on any atom is 0.292 e. The Morgan fingerprint density at radius 3 is 2.65 bits per heavy atom. The number of anilines is 2. The van der Waals surface area contributed by atoms with E-state index in [1.54, 1.807) is 0 Å². The maximum atomic E-state index is 11.8. The zero-order valence-corrected chi connectivity index (χ0v) is 10.9. The van der Waals surface area contributed by atoms with Crippen LogP contribution in [-0.4, -0.2) is 47.4 Å². The standard InChI is InChI=1S/C13H15N5O2/c19-13(12-14-9-15-17-12)16-10-1-3-11(4-2-10)18-5-7-20-8-6-18/h1-4,9H,5-8H2,(H,16,19)(H,14,15,17). The van der Waals surface area contributed by atoms with Gasteiger partial charge in [0.25, 0.3) is 5.91 Å². The van der Waals surface area contributed by atoms with Crippen LogP contribution in [0.1, 0.15) is 10.6 Å². The van der Waals surface area contributed by atoms with E-state index in [2.05, 4.69) is 25.4 Å². The molecule has 0 atom stereocenters. The second-order valence-corrected chi connectivity index (χ2v) is 4.43. The molecule has 1 amide bonds. The van der Waals surface area contributed by atoms with Gasteiger partial charge in [-0.1, -0.05) is 0 Å². The lowest BCUT2D eigenvalue weighted by atomic mass is 10.2. The Labute approximate surface area is 116 Å². The van der Waals surface area contributed by atoms with Crippen molar-refractivity contribution >= 4 is 17.3 Å². The van der Waals surface area contributed by atoms with E-state index in [4.69, 9.17) is 4.74 Å². The number of nitrogens with one attached hydrogen (secondary N) is 2. The molecule has 104 valence electrons. The third-order valence-corrected chi connectivity index (χ3v) is 3.13. The van der Waals surface area contributed by atoms with Crippen molar-refractivity contribution in [2.75, 3.05) is 36.5 Å². The van der Waals surface area contributed by atoms with E-state index in [1.807, 2.05) is 24.3 Å². The molecule has 0 aliphatic carbocycles. The average Bonchev–Trinajstić information content (AvgIpc) is 3.03. The molecule has 20 heavy (non-hydrogen) atoms. The van der Waals surface area contributed by atoms with Crippen LogP contribution >= 0.6 is 0 Å².